The molecule has 0 aromatic carbocycles. The van der Waals surface area contributed by atoms with Crippen LogP contribution < -0.4 is 10.9 Å². The van der Waals surface area contributed by atoms with Crippen molar-refractivity contribution in [3.8, 4) is 0 Å². The molecule has 0 aliphatic heterocycles. The summed E-state index contributed by atoms with van der Waals surface area (Å²) in [6, 6.07) is 3.64. The highest BCUT2D eigenvalue weighted by molar-refractivity contribution is 7.18. The van der Waals surface area contributed by atoms with Gasteiger partial charge in [0, 0.05) is 24.0 Å². The lowest BCUT2D eigenvalue weighted by Crippen LogP contribution is -2.23. The second-order valence-electron chi connectivity index (χ2n) is 5.73. The summed E-state index contributed by atoms with van der Waals surface area (Å²) in [5.41, 5.74) is 1.90. The van der Waals surface area contributed by atoms with E-state index in [4.69, 9.17) is 0 Å². The highest BCUT2D eigenvalue weighted by atomic mass is 32.1. The molecule has 0 spiro atoms. The van der Waals surface area contributed by atoms with Gasteiger partial charge in [0.1, 0.15) is 10.6 Å². The zero-order chi connectivity index (χ0) is 17.3. The Kier molecular flexibility index (Phi) is 4.44. The molecule has 6 nitrogen and oxygen atoms in total. The van der Waals surface area contributed by atoms with E-state index in [2.05, 4.69) is 15.3 Å². The van der Waals surface area contributed by atoms with Crippen molar-refractivity contribution in [2.45, 2.75) is 33.7 Å². The number of rotatable bonds is 4. The van der Waals surface area contributed by atoms with Crippen molar-refractivity contribution in [1.82, 2.24) is 14.5 Å². The minimum absolute atomic E-state index is 0.0943. The average molecular weight is 342 g/mol. The molecule has 0 saturated carbocycles. The molecule has 0 radical (unpaired) electrons. The van der Waals surface area contributed by atoms with Gasteiger partial charge in [-0.1, -0.05) is 6.07 Å². The van der Waals surface area contributed by atoms with E-state index in [1.165, 1.54) is 22.2 Å². The maximum absolute atomic E-state index is 12.6. The minimum Gasteiger partial charge on any atom is -0.311 e. The largest absolute Gasteiger partial charge is 0.311 e. The number of thiophene rings is 1. The van der Waals surface area contributed by atoms with Gasteiger partial charge < -0.3 is 5.32 Å². The van der Waals surface area contributed by atoms with Crippen LogP contribution in [-0.4, -0.2) is 20.4 Å². The van der Waals surface area contributed by atoms with E-state index in [9.17, 15) is 9.59 Å². The van der Waals surface area contributed by atoms with Crippen LogP contribution in [0, 0.1) is 20.8 Å². The zero-order valence-corrected chi connectivity index (χ0v) is 14.6. The van der Waals surface area contributed by atoms with Crippen molar-refractivity contribution in [2.75, 3.05) is 5.32 Å². The molecule has 24 heavy (non-hydrogen) atoms. The Balaban J connectivity index is 1.72. The Hall–Kier alpha value is -2.54. The first-order chi connectivity index (χ1) is 11.5. The van der Waals surface area contributed by atoms with Gasteiger partial charge >= 0.3 is 0 Å². The molecule has 1 N–H and O–H groups in total. The molecule has 0 unspecified atom stereocenters. The quantitative estimate of drug-likeness (QED) is 0.791. The van der Waals surface area contributed by atoms with Crippen LogP contribution in [0.3, 0.4) is 0 Å². The zero-order valence-electron chi connectivity index (χ0n) is 13.8. The number of carbonyl (C=O) groups excluding carboxylic acids is 1. The van der Waals surface area contributed by atoms with E-state index in [0.717, 1.165) is 20.8 Å². The first-order valence-corrected chi connectivity index (χ1v) is 8.45. The fraction of sp³-hybridized carbons (Fsp3) is 0.294. The lowest BCUT2D eigenvalue weighted by atomic mass is 10.2. The molecule has 3 aromatic heterocycles. The summed E-state index contributed by atoms with van der Waals surface area (Å²) >= 11 is 1.52. The van der Waals surface area contributed by atoms with Crippen molar-refractivity contribution < 1.29 is 4.79 Å². The fourth-order valence-electron chi connectivity index (χ4n) is 2.40. The molecule has 0 aliphatic carbocycles. The summed E-state index contributed by atoms with van der Waals surface area (Å²) in [5, 5.41) is 3.38. The highest BCUT2D eigenvalue weighted by Gasteiger charge is 2.12. The lowest BCUT2D eigenvalue weighted by Gasteiger charge is -2.07. The van der Waals surface area contributed by atoms with E-state index < -0.39 is 0 Å². The molecule has 0 fully saturated rings. The Morgan fingerprint density at radius 1 is 1.25 bits per heavy atom. The smallest absolute Gasteiger partial charge is 0.262 e. The highest BCUT2D eigenvalue weighted by Crippen LogP contribution is 2.25. The molecule has 0 atom stereocenters. The fourth-order valence-corrected chi connectivity index (χ4v) is 3.39. The Morgan fingerprint density at radius 3 is 2.75 bits per heavy atom. The first-order valence-electron chi connectivity index (χ1n) is 7.63. The molecule has 124 valence electrons. The summed E-state index contributed by atoms with van der Waals surface area (Å²) in [6.07, 6.45) is 3.39. The minimum atomic E-state index is -0.184. The van der Waals surface area contributed by atoms with Gasteiger partial charge in [-0.05, 0) is 38.0 Å². The normalized spacial score (nSPS) is 11.0. The molecule has 7 heteroatoms. The number of pyridine rings is 1. The Bertz CT molecular complexity index is 957. The summed E-state index contributed by atoms with van der Waals surface area (Å²) in [4.78, 5) is 34.9. The van der Waals surface area contributed by atoms with Crippen molar-refractivity contribution in [3.63, 3.8) is 0 Å². The van der Waals surface area contributed by atoms with Crippen LogP contribution in [-0.2, 0) is 11.3 Å². The van der Waals surface area contributed by atoms with Gasteiger partial charge in [-0.2, -0.15) is 0 Å². The number of fused-ring (bicyclic) bond motifs is 1. The Morgan fingerprint density at radius 2 is 2.04 bits per heavy atom. The van der Waals surface area contributed by atoms with Crippen LogP contribution in [0.1, 0.15) is 22.4 Å². The van der Waals surface area contributed by atoms with Crippen LogP contribution >= 0.6 is 11.3 Å². The third-order valence-electron chi connectivity index (χ3n) is 3.91. The molecule has 0 aliphatic rings. The van der Waals surface area contributed by atoms with Crippen LogP contribution in [0.15, 0.2) is 29.5 Å². The number of nitrogens with zero attached hydrogens (tertiary/aromatic N) is 3. The van der Waals surface area contributed by atoms with Gasteiger partial charge in [-0.25, -0.2) is 9.97 Å². The van der Waals surface area contributed by atoms with E-state index in [1.54, 1.807) is 12.3 Å². The SMILES string of the molecule is Cc1ccc(NC(=O)CCn2cnc3sc(C)c(C)c3c2=O)nc1. The predicted octanol–water partition coefficient (Wildman–Crippen LogP) is 2.81. The van der Waals surface area contributed by atoms with Gasteiger partial charge in [0.2, 0.25) is 5.91 Å². The predicted molar refractivity (Wildman–Crippen MR) is 95.6 cm³/mol. The van der Waals surface area contributed by atoms with Gasteiger partial charge in [0.05, 0.1) is 11.7 Å². The Labute approximate surface area is 143 Å². The van der Waals surface area contributed by atoms with Gasteiger partial charge in [-0.15, -0.1) is 11.3 Å². The molecule has 0 saturated heterocycles. The lowest BCUT2D eigenvalue weighted by molar-refractivity contribution is -0.116. The standard InChI is InChI=1S/C17H18N4O2S/c1-10-4-5-13(18-8-10)20-14(22)6-7-21-9-19-16-15(17(21)23)11(2)12(3)24-16/h4-5,8-9H,6-7H2,1-3H3,(H,18,20,22). The van der Waals surface area contributed by atoms with E-state index in [-0.39, 0.29) is 24.4 Å². The summed E-state index contributed by atoms with van der Waals surface area (Å²) in [7, 11) is 0. The van der Waals surface area contributed by atoms with Crippen LogP contribution in [0.4, 0.5) is 5.82 Å². The summed E-state index contributed by atoms with van der Waals surface area (Å²) in [5.74, 6) is 0.326. The van der Waals surface area contributed by atoms with Gasteiger partial charge in [0.15, 0.2) is 0 Å². The number of carbonyl (C=O) groups is 1. The summed E-state index contributed by atoms with van der Waals surface area (Å²) < 4.78 is 1.49. The van der Waals surface area contributed by atoms with Gasteiger partial charge in [-0.3, -0.25) is 14.2 Å². The first kappa shape index (κ1) is 16.3. The van der Waals surface area contributed by atoms with Crippen LogP contribution in [0.5, 0.6) is 0 Å². The number of amides is 1. The number of nitrogens with one attached hydrogen (secondary N) is 1. The molecule has 3 aromatic rings. The van der Waals surface area contributed by atoms with Crippen molar-refractivity contribution in [3.05, 3.63) is 51.0 Å². The molecule has 1 amide bonds. The molecular weight excluding hydrogens is 324 g/mol. The summed E-state index contributed by atoms with van der Waals surface area (Å²) in [6.45, 7) is 6.13. The second-order valence-corrected chi connectivity index (χ2v) is 6.93. The molecular formula is C17H18N4O2S. The second kappa shape index (κ2) is 6.52. The number of aromatic nitrogens is 3. The van der Waals surface area contributed by atoms with E-state index in [1.807, 2.05) is 26.8 Å². The topological polar surface area (TPSA) is 76.9 Å². The van der Waals surface area contributed by atoms with Crippen molar-refractivity contribution in [1.29, 1.82) is 0 Å². The van der Waals surface area contributed by atoms with E-state index in [0.29, 0.717) is 11.2 Å². The van der Waals surface area contributed by atoms with Crippen molar-refractivity contribution >= 4 is 33.3 Å². The molecule has 3 rings (SSSR count). The van der Waals surface area contributed by atoms with E-state index >= 15 is 0 Å². The molecule has 0 bridgehead atoms. The van der Waals surface area contributed by atoms with Crippen LogP contribution in [0.2, 0.25) is 0 Å². The third kappa shape index (κ3) is 3.21. The number of anilines is 1. The number of hydrogen-bond donors (Lipinski definition) is 1. The monoisotopic (exact) mass is 342 g/mol. The maximum atomic E-state index is 12.6. The number of hydrogen-bond acceptors (Lipinski definition) is 5. The van der Waals surface area contributed by atoms with Crippen LogP contribution in [0.25, 0.3) is 10.2 Å². The molecule has 3 heterocycles. The average Bonchev–Trinajstić information content (AvgIpc) is 2.84. The van der Waals surface area contributed by atoms with Gasteiger partial charge in [0.25, 0.3) is 5.56 Å². The maximum Gasteiger partial charge on any atom is 0.262 e. The van der Waals surface area contributed by atoms with Crippen molar-refractivity contribution in [2.24, 2.45) is 0 Å². The number of aryl methyl sites for hydroxylation is 4. The third-order valence-corrected chi connectivity index (χ3v) is 5.03.